The van der Waals surface area contributed by atoms with E-state index in [4.69, 9.17) is 9.47 Å². The van der Waals surface area contributed by atoms with Gasteiger partial charge in [-0.15, -0.1) is 0 Å². The van der Waals surface area contributed by atoms with Crippen molar-refractivity contribution in [3.63, 3.8) is 0 Å². The summed E-state index contributed by atoms with van der Waals surface area (Å²) in [4.78, 5) is 0.225. The molecule has 1 aliphatic carbocycles. The summed E-state index contributed by atoms with van der Waals surface area (Å²) in [5.41, 5.74) is 0. The third-order valence-electron chi connectivity index (χ3n) is 4.65. The first-order valence-electron chi connectivity index (χ1n) is 7.13. The number of rotatable bonds is 2. The average Bonchev–Trinajstić information content (AvgIpc) is 2.84. The zero-order chi connectivity index (χ0) is 14.6. The zero-order valence-electron chi connectivity index (χ0n) is 11.4. The molecule has 0 amide bonds. The molecule has 6 nitrogen and oxygen atoms in total. The van der Waals surface area contributed by atoms with Gasteiger partial charge in [-0.3, -0.25) is 0 Å². The molecule has 114 valence electrons. The minimum Gasteiger partial charge on any atom is -0.486 e. The molecule has 3 atom stereocenters. The summed E-state index contributed by atoms with van der Waals surface area (Å²) in [5.74, 6) is 1.45. The Morgan fingerprint density at radius 3 is 2.62 bits per heavy atom. The SMILES string of the molecule is O=S(=O)(c1ccc2c(c1)OCCO2)N1CC2CC(O)C2C1. The molecule has 4 rings (SSSR count). The Labute approximate surface area is 123 Å². The van der Waals surface area contributed by atoms with Crippen LogP contribution in [0.1, 0.15) is 6.42 Å². The Balaban J connectivity index is 1.63. The number of hydrogen-bond donors (Lipinski definition) is 1. The number of fused-ring (bicyclic) bond motifs is 2. The maximum atomic E-state index is 12.7. The van der Waals surface area contributed by atoms with Crippen molar-refractivity contribution in [3.8, 4) is 11.5 Å². The number of nitrogens with zero attached hydrogens (tertiary/aromatic N) is 1. The van der Waals surface area contributed by atoms with Crippen molar-refractivity contribution >= 4 is 10.0 Å². The van der Waals surface area contributed by atoms with Crippen LogP contribution < -0.4 is 9.47 Å². The number of aliphatic hydroxyl groups excluding tert-OH is 1. The third kappa shape index (κ3) is 2.03. The molecule has 21 heavy (non-hydrogen) atoms. The van der Waals surface area contributed by atoms with E-state index in [1.807, 2.05) is 0 Å². The summed E-state index contributed by atoms with van der Waals surface area (Å²) in [6, 6.07) is 4.72. The molecule has 1 saturated carbocycles. The van der Waals surface area contributed by atoms with Crippen molar-refractivity contribution in [2.45, 2.75) is 17.4 Å². The Morgan fingerprint density at radius 1 is 1.14 bits per heavy atom. The fraction of sp³-hybridized carbons (Fsp3) is 0.571. The van der Waals surface area contributed by atoms with E-state index in [0.29, 0.717) is 50.1 Å². The van der Waals surface area contributed by atoms with Gasteiger partial charge < -0.3 is 14.6 Å². The summed E-state index contributed by atoms with van der Waals surface area (Å²) in [7, 11) is -3.53. The van der Waals surface area contributed by atoms with Crippen LogP contribution in [0.15, 0.2) is 23.1 Å². The molecule has 7 heteroatoms. The van der Waals surface area contributed by atoms with Gasteiger partial charge in [0, 0.05) is 25.1 Å². The van der Waals surface area contributed by atoms with Crippen LogP contribution in [0.3, 0.4) is 0 Å². The number of aliphatic hydroxyl groups is 1. The topological polar surface area (TPSA) is 76.1 Å². The lowest BCUT2D eigenvalue weighted by Crippen LogP contribution is -2.39. The van der Waals surface area contributed by atoms with Gasteiger partial charge in [-0.1, -0.05) is 0 Å². The minimum atomic E-state index is -3.53. The van der Waals surface area contributed by atoms with Crippen LogP contribution in [0.5, 0.6) is 11.5 Å². The predicted molar refractivity (Wildman–Crippen MR) is 73.8 cm³/mol. The van der Waals surface area contributed by atoms with Gasteiger partial charge in [-0.05, 0) is 24.5 Å². The van der Waals surface area contributed by atoms with Gasteiger partial charge in [0.2, 0.25) is 10.0 Å². The number of sulfonamides is 1. The molecular formula is C14H17NO5S. The highest BCUT2D eigenvalue weighted by Gasteiger charge is 2.49. The highest BCUT2D eigenvalue weighted by Crippen LogP contribution is 2.43. The Hall–Kier alpha value is -1.31. The fourth-order valence-electron chi connectivity index (χ4n) is 3.36. The molecule has 0 radical (unpaired) electrons. The second kappa shape index (κ2) is 4.59. The Kier molecular flexibility index (Phi) is 2.92. The summed E-state index contributed by atoms with van der Waals surface area (Å²) in [6.45, 7) is 1.81. The molecule has 0 spiro atoms. The molecule has 2 heterocycles. The van der Waals surface area contributed by atoms with E-state index >= 15 is 0 Å². The van der Waals surface area contributed by atoms with E-state index in [-0.39, 0.29) is 16.9 Å². The van der Waals surface area contributed by atoms with Crippen LogP contribution in [-0.2, 0) is 10.0 Å². The largest absolute Gasteiger partial charge is 0.486 e. The first kappa shape index (κ1) is 13.4. The van der Waals surface area contributed by atoms with Gasteiger partial charge in [0.05, 0.1) is 11.0 Å². The summed E-state index contributed by atoms with van der Waals surface area (Å²) in [5, 5.41) is 9.67. The molecule has 1 aromatic rings. The van der Waals surface area contributed by atoms with Crippen LogP contribution in [-0.4, -0.2) is 50.2 Å². The quantitative estimate of drug-likeness (QED) is 0.859. The van der Waals surface area contributed by atoms with Crippen molar-refractivity contribution in [2.75, 3.05) is 26.3 Å². The molecule has 1 saturated heterocycles. The molecule has 2 aliphatic heterocycles. The number of benzene rings is 1. The van der Waals surface area contributed by atoms with Crippen molar-refractivity contribution in [3.05, 3.63) is 18.2 Å². The van der Waals surface area contributed by atoms with Crippen molar-refractivity contribution in [1.82, 2.24) is 4.31 Å². The average molecular weight is 311 g/mol. The second-order valence-corrected chi connectivity index (χ2v) is 7.79. The van der Waals surface area contributed by atoms with Crippen LogP contribution in [0.2, 0.25) is 0 Å². The minimum absolute atomic E-state index is 0.0944. The smallest absolute Gasteiger partial charge is 0.243 e. The van der Waals surface area contributed by atoms with E-state index < -0.39 is 10.0 Å². The molecule has 1 N–H and O–H groups in total. The first-order chi connectivity index (χ1) is 10.1. The van der Waals surface area contributed by atoms with Crippen molar-refractivity contribution in [1.29, 1.82) is 0 Å². The van der Waals surface area contributed by atoms with Gasteiger partial charge in [-0.25, -0.2) is 8.42 Å². The highest BCUT2D eigenvalue weighted by atomic mass is 32.2. The van der Waals surface area contributed by atoms with E-state index in [9.17, 15) is 13.5 Å². The molecule has 2 fully saturated rings. The molecule has 1 aromatic carbocycles. The van der Waals surface area contributed by atoms with E-state index in [1.165, 1.54) is 10.4 Å². The van der Waals surface area contributed by atoms with E-state index in [2.05, 4.69) is 0 Å². The zero-order valence-corrected chi connectivity index (χ0v) is 12.3. The molecule has 0 aromatic heterocycles. The Morgan fingerprint density at radius 2 is 1.90 bits per heavy atom. The standard InChI is InChI=1S/C14H17NO5S/c16-12-5-9-7-15(8-11(9)12)21(17,18)10-1-2-13-14(6-10)20-4-3-19-13/h1-2,6,9,11-12,16H,3-5,7-8H2. The Bertz CT molecular complexity index is 674. The normalized spacial score (nSPS) is 31.6. The second-order valence-electron chi connectivity index (χ2n) is 5.85. The van der Waals surface area contributed by atoms with Gasteiger partial charge in [0.25, 0.3) is 0 Å². The third-order valence-corrected chi connectivity index (χ3v) is 6.48. The maximum absolute atomic E-state index is 12.7. The van der Waals surface area contributed by atoms with Crippen LogP contribution in [0.4, 0.5) is 0 Å². The molecule has 3 unspecified atom stereocenters. The number of hydrogen-bond acceptors (Lipinski definition) is 5. The molecule has 3 aliphatic rings. The lowest BCUT2D eigenvalue weighted by molar-refractivity contribution is -0.00416. The summed E-state index contributed by atoms with van der Waals surface area (Å²) >= 11 is 0. The number of ether oxygens (including phenoxy) is 2. The fourth-order valence-corrected chi connectivity index (χ4v) is 4.91. The van der Waals surface area contributed by atoms with Crippen LogP contribution >= 0.6 is 0 Å². The van der Waals surface area contributed by atoms with Gasteiger partial charge in [0.1, 0.15) is 13.2 Å². The first-order valence-corrected chi connectivity index (χ1v) is 8.57. The van der Waals surface area contributed by atoms with Crippen molar-refractivity contribution in [2.24, 2.45) is 11.8 Å². The van der Waals surface area contributed by atoms with Gasteiger partial charge >= 0.3 is 0 Å². The monoisotopic (exact) mass is 311 g/mol. The van der Waals surface area contributed by atoms with Crippen molar-refractivity contribution < 1.29 is 23.0 Å². The lowest BCUT2D eigenvalue weighted by Gasteiger charge is -2.34. The highest BCUT2D eigenvalue weighted by molar-refractivity contribution is 7.89. The van der Waals surface area contributed by atoms with Crippen LogP contribution in [0.25, 0.3) is 0 Å². The van der Waals surface area contributed by atoms with E-state index in [1.54, 1.807) is 12.1 Å². The van der Waals surface area contributed by atoms with Gasteiger partial charge in [0.15, 0.2) is 11.5 Å². The predicted octanol–water partition coefficient (Wildman–Crippen LogP) is 0.459. The molecule has 0 bridgehead atoms. The summed E-state index contributed by atoms with van der Waals surface area (Å²) < 4.78 is 37.7. The van der Waals surface area contributed by atoms with Gasteiger partial charge in [-0.2, -0.15) is 4.31 Å². The maximum Gasteiger partial charge on any atom is 0.243 e. The lowest BCUT2D eigenvalue weighted by atomic mass is 9.74. The van der Waals surface area contributed by atoms with E-state index in [0.717, 1.165) is 0 Å². The van der Waals surface area contributed by atoms with Crippen LogP contribution in [0, 0.1) is 11.8 Å². The summed E-state index contributed by atoms with van der Waals surface area (Å²) in [6.07, 6.45) is 0.355. The molecular weight excluding hydrogens is 294 g/mol.